The molecule has 5 unspecified atom stereocenters. The number of allylic oxidation sites excluding steroid dienone is 6. The lowest BCUT2D eigenvalue weighted by Crippen LogP contribution is -2.35. The number of nitrogens with zero attached hydrogens (tertiary/aromatic N) is 2. The molecule has 6 aliphatic rings. The largest absolute Gasteiger partial charge is 0.341 e. The third-order valence-corrected chi connectivity index (χ3v) is 15.8. The van der Waals surface area contributed by atoms with E-state index >= 15 is 0 Å². The molecule has 5 aromatic rings. The Hall–Kier alpha value is -4.56. The topological polar surface area (TPSA) is 8.17 Å². The van der Waals surface area contributed by atoms with Gasteiger partial charge >= 0.3 is 0 Å². The van der Waals surface area contributed by atoms with Gasteiger partial charge in [-0.1, -0.05) is 112 Å². The van der Waals surface area contributed by atoms with Crippen molar-refractivity contribution in [2.75, 3.05) is 4.90 Å². The Morgan fingerprint density at radius 1 is 0.603 bits per heavy atom. The molecular formula is C56H62N2. The molecule has 1 aliphatic heterocycles. The highest BCUT2D eigenvalue weighted by atomic mass is 15.2. The van der Waals surface area contributed by atoms with Gasteiger partial charge in [0, 0.05) is 45.4 Å². The van der Waals surface area contributed by atoms with Crippen molar-refractivity contribution in [1.82, 2.24) is 4.57 Å². The second-order valence-electron chi connectivity index (χ2n) is 19.3. The highest BCUT2D eigenvalue weighted by molar-refractivity contribution is 6.12. The van der Waals surface area contributed by atoms with Crippen molar-refractivity contribution in [3.63, 3.8) is 0 Å². The number of rotatable bonds is 6. The highest BCUT2D eigenvalue weighted by Gasteiger charge is 2.43. The van der Waals surface area contributed by atoms with Crippen molar-refractivity contribution in [2.45, 2.75) is 134 Å². The maximum absolute atomic E-state index is 2.81. The van der Waals surface area contributed by atoms with Gasteiger partial charge in [-0.15, -0.1) is 0 Å². The first-order chi connectivity index (χ1) is 28.6. The summed E-state index contributed by atoms with van der Waals surface area (Å²) < 4.78 is 2.70. The van der Waals surface area contributed by atoms with Gasteiger partial charge in [-0.25, -0.2) is 0 Å². The zero-order valence-corrected chi connectivity index (χ0v) is 35.0. The van der Waals surface area contributed by atoms with E-state index in [2.05, 4.69) is 139 Å². The van der Waals surface area contributed by atoms with Crippen molar-refractivity contribution in [2.24, 2.45) is 17.8 Å². The quantitative estimate of drug-likeness (QED) is 0.156. The summed E-state index contributed by atoms with van der Waals surface area (Å²) in [6.07, 6.45) is 31.3. The van der Waals surface area contributed by atoms with Gasteiger partial charge < -0.3 is 9.47 Å². The van der Waals surface area contributed by atoms with E-state index in [0.29, 0.717) is 35.6 Å². The number of aromatic nitrogens is 1. The van der Waals surface area contributed by atoms with Crippen LogP contribution >= 0.6 is 0 Å². The summed E-state index contributed by atoms with van der Waals surface area (Å²) in [6, 6.07) is 34.7. The van der Waals surface area contributed by atoms with Crippen molar-refractivity contribution in [3.05, 3.63) is 149 Å². The molecule has 2 nitrogen and oxygen atoms in total. The molecule has 0 radical (unpaired) electrons. The Labute approximate surface area is 347 Å². The molecule has 58 heavy (non-hydrogen) atoms. The maximum atomic E-state index is 2.81. The molecule has 0 N–H and O–H groups in total. The molecule has 5 aliphatic carbocycles. The van der Waals surface area contributed by atoms with Gasteiger partial charge in [-0.3, -0.25) is 0 Å². The van der Waals surface area contributed by atoms with Crippen molar-refractivity contribution >= 4 is 33.1 Å². The molecule has 1 aromatic heterocycles. The first-order valence-electron chi connectivity index (χ1n) is 23.4. The minimum atomic E-state index is 0.486. The Bertz CT molecular complexity index is 2460. The Morgan fingerprint density at radius 3 is 2.26 bits per heavy atom. The lowest BCUT2D eigenvalue weighted by molar-refractivity contribution is 0.347. The van der Waals surface area contributed by atoms with E-state index in [0.717, 1.165) is 12.3 Å². The molecule has 4 aromatic carbocycles. The first-order valence-corrected chi connectivity index (χ1v) is 23.4. The van der Waals surface area contributed by atoms with Crippen LogP contribution in [0.3, 0.4) is 0 Å². The summed E-state index contributed by atoms with van der Waals surface area (Å²) in [5.41, 5.74) is 16.6. The minimum absolute atomic E-state index is 0.486. The zero-order chi connectivity index (χ0) is 38.7. The van der Waals surface area contributed by atoms with E-state index in [4.69, 9.17) is 0 Å². The normalized spacial score (nSPS) is 28.6. The van der Waals surface area contributed by atoms with E-state index in [1.807, 2.05) is 0 Å². The fourth-order valence-electron chi connectivity index (χ4n) is 12.7. The van der Waals surface area contributed by atoms with E-state index < -0.39 is 0 Å². The maximum Gasteiger partial charge on any atom is 0.0616 e. The molecule has 0 bridgehead atoms. The molecule has 2 heterocycles. The Kier molecular flexibility index (Phi) is 9.59. The van der Waals surface area contributed by atoms with Crippen molar-refractivity contribution in [3.8, 4) is 5.69 Å². The lowest BCUT2D eigenvalue weighted by atomic mass is 9.76. The average molecular weight is 763 g/mol. The van der Waals surface area contributed by atoms with Crippen LogP contribution in [0.15, 0.2) is 127 Å². The second kappa shape index (κ2) is 15.2. The fourth-order valence-corrected chi connectivity index (χ4v) is 12.7. The van der Waals surface area contributed by atoms with Gasteiger partial charge in [-0.2, -0.15) is 0 Å². The molecule has 1 saturated carbocycles. The van der Waals surface area contributed by atoms with Crippen LogP contribution in [0.5, 0.6) is 0 Å². The number of anilines is 1. The number of para-hydroxylation sites is 2. The lowest BCUT2D eigenvalue weighted by Gasteiger charge is -2.35. The van der Waals surface area contributed by atoms with Gasteiger partial charge in [0.25, 0.3) is 0 Å². The molecule has 0 saturated heterocycles. The number of benzene rings is 4. The standard InChI is InChI=1S/C56H62N2/c1-37-23-25-41(26-24-37)43-33-44(47-16-7-6-13-38(47)2)35-46(34-43)58-54-22-11-8-17-49(54)51-20-12-19-48(56(51)58)42-29-32-55-52(36-42)50-18-9-10-21-53(50)57(55)45-30-27-40(28-31-45)39-14-4-3-5-15-39/h3-4,6,8,11-13,17,19-20,22,27-28,30-31,33-39,41,47,52,55H,5,7,9-10,14-16,18,21,23-26,29,32H2,1-2H3. The van der Waals surface area contributed by atoms with Crippen LogP contribution in [0.1, 0.15) is 150 Å². The van der Waals surface area contributed by atoms with Gasteiger partial charge in [0.05, 0.1) is 11.0 Å². The van der Waals surface area contributed by atoms with Crippen LogP contribution in [0.2, 0.25) is 0 Å². The van der Waals surface area contributed by atoms with Gasteiger partial charge in [0.2, 0.25) is 0 Å². The molecular weight excluding hydrogens is 701 g/mol. The van der Waals surface area contributed by atoms with Crippen LogP contribution < -0.4 is 4.90 Å². The van der Waals surface area contributed by atoms with Gasteiger partial charge in [-0.05, 0) is 171 Å². The molecule has 296 valence electrons. The predicted octanol–water partition coefficient (Wildman–Crippen LogP) is 15.5. The SMILES string of the molecule is CC1CCC(c2cc(C3CCC=CC3C)cc(-n3c4ccccc4c4cccc(C5=CC6C7=C(CCCC7)N(c7ccc(C8CC=CCC8)cc7)C6CC5)c43)c2)CC1. The smallest absolute Gasteiger partial charge is 0.0616 e. The molecule has 1 fully saturated rings. The average Bonchev–Trinajstić information content (AvgIpc) is 3.80. The highest BCUT2D eigenvalue weighted by Crippen LogP contribution is 2.51. The fraction of sp³-hybridized carbons (Fsp3) is 0.429. The summed E-state index contributed by atoms with van der Waals surface area (Å²) >= 11 is 0. The Balaban J connectivity index is 1.03. The third-order valence-electron chi connectivity index (χ3n) is 15.8. The molecule has 0 spiro atoms. The van der Waals surface area contributed by atoms with E-state index in [-0.39, 0.29) is 0 Å². The molecule has 0 amide bonds. The van der Waals surface area contributed by atoms with Crippen LogP contribution in [0, 0.1) is 17.8 Å². The van der Waals surface area contributed by atoms with Crippen LogP contribution in [-0.4, -0.2) is 10.6 Å². The summed E-state index contributed by atoms with van der Waals surface area (Å²) in [7, 11) is 0. The molecule has 5 atom stereocenters. The molecule has 2 heteroatoms. The second-order valence-corrected chi connectivity index (χ2v) is 19.3. The van der Waals surface area contributed by atoms with E-state index in [1.165, 1.54) is 134 Å². The van der Waals surface area contributed by atoms with E-state index in [9.17, 15) is 0 Å². The molecule has 11 rings (SSSR count). The number of hydrogen-bond acceptors (Lipinski definition) is 1. The van der Waals surface area contributed by atoms with Gasteiger partial charge in [0.15, 0.2) is 0 Å². The van der Waals surface area contributed by atoms with Crippen LogP contribution in [0.25, 0.3) is 33.1 Å². The monoisotopic (exact) mass is 762 g/mol. The Morgan fingerprint density at radius 2 is 1.41 bits per heavy atom. The predicted molar refractivity (Wildman–Crippen MR) is 246 cm³/mol. The summed E-state index contributed by atoms with van der Waals surface area (Å²) in [4.78, 5) is 2.81. The van der Waals surface area contributed by atoms with Crippen LogP contribution in [0.4, 0.5) is 5.69 Å². The third kappa shape index (κ3) is 6.36. The van der Waals surface area contributed by atoms with Gasteiger partial charge in [0.1, 0.15) is 0 Å². The zero-order valence-electron chi connectivity index (χ0n) is 35.0. The van der Waals surface area contributed by atoms with Crippen molar-refractivity contribution < 1.29 is 0 Å². The van der Waals surface area contributed by atoms with Crippen LogP contribution in [-0.2, 0) is 0 Å². The summed E-state index contributed by atoms with van der Waals surface area (Å²) in [5.74, 6) is 3.79. The number of fused-ring (bicyclic) bond motifs is 5. The summed E-state index contributed by atoms with van der Waals surface area (Å²) in [5, 5.41) is 2.76. The summed E-state index contributed by atoms with van der Waals surface area (Å²) in [6.45, 7) is 4.90. The minimum Gasteiger partial charge on any atom is -0.341 e. The first kappa shape index (κ1) is 36.5. The number of hydrogen-bond donors (Lipinski definition) is 0. The van der Waals surface area contributed by atoms with Crippen molar-refractivity contribution in [1.29, 1.82) is 0 Å². The van der Waals surface area contributed by atoms with E-state index in [1.54, 1.807) is 28.0 Å².